The summed E-state index contributed by atoms with van der Waals surface area (Å²) in [5.74, 6) is -0.397. The van der Waals surface area contributed by atoms with Crippen LogP contribution in [0, 0.1) is 5.82 Å². The van der Waals surface area contributed by atoms with E-state index in [0.29, 0.717) is 17.7 Å². The Balaban J connectivity index is 2.02. The Kier molecular flexibility index (Phi) is 6.28. The van der Waals surface area contributed by atoms with Gasteiger partial charge in [-0.2, -0.15) is 8.78 Å². The summed E-state index contributed by atoms with van der Waals surface area (Å²) >= 11 is 0. The van der Waals surface area contributed by atoms with Gasteiger partial charge in [0, 0.05) is 23.7 Å². The Morgan fingerprint density at radius 1 is 1.25 bits per heavy atom. The summed E-state index contributed by atoms with van der Waals surface area (Å²) in [7, 11) is 0. The number of hydrogen-bond donors (Lipinski definition) is 2. The first-order valence-electron chi connectivity index (χ1n) is 7.58. The molecule has 24 heavy (non-hydrogen) atoms. The lowest BCUT2D eigenvalue weighted by molar-refractivity contribution is -0.0508. The Labute approximate surface area is 138 Å². The molecule has 0 bridgehead atoms. The molecule has 0 fully saturated rings. The number of aliphatic hydroxyl groups excluding tert-OH is 1. The number of alkyl halides is 2. The number of halogens is 3. The number of rotatable bonds is 8. The van der Waals surface area contributed by atoms with Crippen molar-refractivity contribution in [2.24, 2.45) is 0 Å². The highest BCUT2D eigenvalue weighted by Gasteiger charge is 2.20. The van der Waals surface area contributed by atoms with Gasteiger partial charge in [0.25, 0.3) is 0 Å². The SMILES string of the molecule is CC(CC(O)c1ccco1)NC(C)c1ccc(F)cc1OC(F)F. The van der Waals surface area contributed by atoms with Gasteiger partial charge >= 0.3 is 6.61 Å². The van der Waals surface area contributed by atoms with E-state index in [-0.39, 0.29) is 17.8 Å². The molecule has 0 aliphatic rings. The smallest absolute Gasteiger partial charge is 0.387 e. The summed E-state index contributed by atoms with van der Waals surface area (Å²) in [6, 6.07) is 6.36. The van der Waals surface area contributed by atoms with Gasteiger partial charge in [-0.1, -0.05) is 6.07 Å². The van der Waals surface area contributed by atoms with E-state index in [9.17, 15) is 18.3 Å². The normalized spacial score (nSPS) is 15.3. The van der Waals surface area contributed by atoms with Gasteiger partial charge in [0.15, 0.2) is 0 Å². The van der Waals surface area contributed by atoms with Crippen LogP contribution in [0.5, 0.6) is 5.75 Å². The molecule has 2 N–H and O–H groups in total. The molecule has 2 aromatic rings. The average molecular weight is 343 g/mol. The number of hydrogen-bond acceptors (Lipinski definition) is 4. The second-order valence-electron chi connectivity index (χ2n) is 5.62. The lowest BCUT2D eigenvalue weighted by Crippen LogP contribution is -2.30. The van der Waals surface area contributed by atoms with Crippen LogP contribution in [0.4, 0.5) is 13.2 Å². The van der Waals surface area contributed by atoms with Crippen LogP contribution in [0.2, 0.25) is 0 Å². The third kappa shape index (κ3) is 5.01. The molecule has 0 amide bonds. The van der Waals surface area contributed by atoms with Gasteiger partial charge < -0.3 is 19.6 Å². The fourth-order valence-corrected chi connectivity index (χ4v) is 2.58. The highest BCUT2D eigenvalue weighted by Crippen LogP contribution is 2.28. The van der Waals surface area contributed by atoms with Gasteiger partial charge in [-0.15, -0.1) is 0 Å². The van der Waals surface area contributed by atoms with E-state index in [4.69, 9.17) is 4.42 Å². The summed E-state index contributed by atoms with van der Waals surface area (Å²) < 4.78 is 47.8. The van der Waals surface area contributed by atoms with Crippen molar-refractivity contribution in [3.63, 3.8) is 0 Å². The quantitative estimate of drug-likeness (QED) is 0.755. The van der Waals surface area contributed by atoms with Crippen LogP contribution < -0.4 is 10.1 Å². The summed E-state index contributed by atoms with van der Waals surface area (Å²) in [6.07, 6.45) is 1.07. The maximum absolute atomic E-state index is 13.3. The zero-order valence-electron chi connectivity index (χ0n) is 13.4. The molecule has 0 saturated heterocycles. The van der Waals surface area contributed by atoms with Gasteiger partial charge in [0.1, 0.15) is 23.4 Å². The maximum atomic E-state index is 13.3. The number of furan rings is 1. The number of nitrogens with one attached hydrogen (secondary N) is 1. The van der Waals surface area contributed by atoms with E-state index in [0.717, 1.165) is 6.07 Å². The van der Waals surface area contributed by atoms with Crippen LogP contribution >= 0.6 is 0 Å². The molecule has 2 rings (SSSR count). The second kappa shape index (κ2) is 8.21. The monoisotopic (exact) mass is 343 g/mol. The predicted octanol–water partition coefficient (Wildman–Crippen LogP) is 4.18. The van der Waals surface area contributed by atoms with Crippen molar-refractivity contribution in [1.82, 2.24) is 5.32 Å². The van der Waals surface area contributed by atoms with Crippen LogP contribution in [0.25, 0.3) is 0 Å². The first-order chi connectivity index (χ1) is 11.4. The highest BCUT2D eigenvalue weighted by atomic mass is 19.3. The first kappa shape index (κ1) is 18.4. The Morgan fingerprint density at radius 2 is 2.00 bits per heavy atom. The van der Waals surface area contributed by atoms with Crippen LogP contribution in [0.15, 0.2) is 41.0 Å². The van der Waals surface area contributed by atoms with Gasteiger partial charge in [0.2, 0.25) is 0 Å². The molecule has 3 unspecified atom stereocenters. The van der Waals surface area contributed by atoms with Crippen molar-refractivity contribution >= 4 is 0 Å². The third-order valence-corrected chi connectivity index (χ3v) is 3.64. The van der Waals surface area contributed by atoms with Crippen LogP contribution in [0.1, 0.15) is 43.7 Å². The molecular weight excluding hydrogens is 323 g/mol. The molecule has 0 saturated carbocycles. The largest absolute Gasteiger partial charge is 0.467 e. The zero-order chi connectivity index (χ0) is 17.7. The minimum absolute atomic E-state index is 0.149. The predicted molar refractivity (Wildman–Crippen MR) is 82.3 cm³/mol. The van der Waals surface area contributed by atoms with E-state index >= 15 is 0 Å². The minimum Gasteiger partial charge on any atom is -0.467 e. The standard InChI is InChI=1S/C17H20F3NO3/c1-10(8-14(22)15-4-3-7-23-15)21-11(2)13-6-5-12(18)9-16(13)24-17(19)20/h3-7,9-11,14,17,21-22H,8H2,1-2H3. The van der Waals surface area contributed by atoms with E-state index < -0.39 is 18.5 Å². The van der Waals surface area contributed by atoms with E-state index in [1.165, 1.54) is 18.4 Å². The van der Waals surface area contributed by atoms with Crippen molar-refractivity contribution in [3.05, 3.63) is 53.7 Å². The van der Waals surface area contributed by atoms with Gasteiger partial charge in [0.05, 0.1) is 6.26 Å². The molecule has 132 valence electrons. The molecule has 4 nitrogen and oxygen atoms in total. The molecule has 1 aromatic carbocycles. The molecule has 7 heteroatoms. The summed E-state index contributed by atoms with van der Waals surface area (Å²) in [6.45, 7) is 0.567. The van der Waals surface area contributed by atoms with Gasteiger partial charge in [-0.3, -0.25) is 0 Å². The van der Waals surface area contributed by atoms with E-state index in [1.807, 2.05) is 6.92 Å². The van der Waals surface area contributed by atoms with Crippen LogP contribution in [-0.2, 0) is 0 Å². The second-order valence-corrected chi connectivity index (χ2v) is 5.62. The van der Waals surface area contributed by atoms with Crippen LogP contribution in [-0.4, -0.2) is 17.8 Å². The summed E-state index contributed by atoms with van der Waals surface area (Å²) in [5, 5.41) is 13.2. The number of benzene rings is 1. The van der Waals surface area contributed by atoms with Crippen molar-refractivity contribution in [1.29, 1.82) is 0 Å². The molecule has 1 aromatic heterocycles. The summed E-state index contributed by atoms with van der Waals surface area (Å²) in [5.41, 5.74) is 0.413. The molecule has 0 aliphatic heterocycles. The molecular formula is C17H20F3NO3. The first-order valence-corrected chi connectivity index (χ1v) is 7.58. The number of ether oxygens (including phenoxy) is 1. The van der Waals surface area contributed by atoms with E-state index in [1.54, 1.807) is 19.1 Å². The fraction of sp³-hybridized carbons (Fsp3) is 0.412. The maximum Gasteiger partial charge on any atom is 0.387 e. The zero-order valence-corrected chi connectivity index (χ0v) is 13.4. The molecule has 1 heterocycles. The third-order valence-electron chi connectivity index (χ3n) is 3.64. The number of aliphatic hydroxyl groups is 1. The molecule has 0 spiro atoms. The van der Waals surface area contributed by atoms with Crippen molar-refractivity contribution in [2.45, 2.75) is 45.1 Å². The van der Waals surface area contributed by atoms with Crippen molar-refractivity contribution in [3.8, 4) is 5.75 Å². The Hall–Kier alpha value is -1.99. The topological polar surface area (TPSA) is 54.6 Å². The Morgan fingerprint density at radius 3 is 2.62 bits per heavy atom. The summed E-state index contributed by atoms with van der Waals surface area (Å²) in [4.78, 5) is 0. The van der Waals surface area contributed by atoms with E-state index in [2.05, 4.69) is 10.1 Å². The fourth-order valence-electron chi connectivity index (χ4n) is 2.58. The molecule has 0 aliphatic carbocycles. The van der Waals surface area contributed by atoms with Crippen molar-refractivity contribution < 1.29 is 27.4 Å². The molecule has 0 radical (unpaired) electrons. The van der Waals surface area contributed by atoms with Crippen LogP contribution in [0.3, 0.4) is 0 Å². The molecule has 3 atom stereocenters. The lowest BCUT2D eigenvalue weighted by Gasteiger charge is -2.23. The Bertz CT molecular complexity index is 634. The van der Waals surface area contributed by atoms with Gasteiger partial charge in [-0.05, 0) is 38.5 Å². The minimum atomic E-state index is -3.03. The lowest BCUT2D eigenvalue weighted by atomic mass is 10.0. The average Bonchev–Trinajstić information content (AvgIpc) is 3.00. The van der Waals surface area contributed by atoms with Crippen molar-refractivity contribution in [2.75, 3.05) is 0 Å². The highest BCUT2D eigenvalue weighted by molar-refractivity contribution is 5.36. The van der Waals surface area contributed by atoms with Gasteiger partial charge in [-0.25, -0.2) is 4.39 Å².